The molecule has 1 aliphatic rings. The molecule has 1 N–H and O–H groups in total. The Kier molecular flexibility index (Phi) is 4.28. The van der Waals surface area contributed by atoms with Crippen LogP contribution in [0.15, 0.2) is 6.20 Å². The van der Waals surface area contributed by atoms with Crippen LogP contribution in [0.2, 0.25) is 0 Å². The summed E-state index contributed by atoms with van der Waals surface area (Å²) in [6, 6.07) is 0. The van der Waals surface area contributed by atoms with Gasteiger partial charge in [-0.3, -0.25) is 9.30 Å². The van der Waals surface area contributed by atoms with Crippen LogP contribution in [0.1, 0.15) is 29.6 Å². The van der Waals surface area contributed by atoms with Crippen LogP contribution in [0.3, 0.4) is 0 Å². The molecule has 0 unspecified atom stereocenters. The van der Waals surface area contributed by atoms with E-state index < -0.39 is 10.0 Å². The largest absolute Gasteiger partial charge is 0.296 e. The lowest BCUT2D eigenvalue weighted by atomic mass is 10.3. The normalized spacial score (nSPS) is 20.2. The molecule has 0 amide bonds. The Bertz CT molecular complexity index is 778. The number of hydrogen-bond donors (Lipinski definition) is 1. The molecule has 6 nitrogen and oxygen atoms in total. The van der Waals surface area contributed by atoms with E-state index in [0.717, 1.165) is 23.7 Å². The molecule has 3 heterocycles. The molecule has 0 aromatic carbocycles. The Morgan fingerprint density at radius 3 is 2.95 bits per heavy atom. The average Bonchev–Trinajstić information content (AvgIpc) is 3.08. The van der Waals surface area contributed by atoms with Crippen molar-refractivity contribution in [2.45, 2.75) is 39.0 Å². The van der Waals surface area contributed by atoms with Crippen molar-refractivity contribution in [1.29, 1.82) is 0 Å². The number of thiazole rings is 1. The van der Waals surface area contributed by atoms with Gasteiger partial charge in [-0.15, -0.1) is 11.3 Å². The third-order valence-corrected chi connectivity index (χ3v) is 6.98. The lowest BCUT2D eigenvalue weighted by molar-refractivity contribution is 0.325. The van der Waals surface area contributed by atoms with Gasteiger partial charge in [-0.25, -0.2) is 18.1 Å². The number of hydrogen-bond acceptors (Lipinski definition) is 5. The van der Waals surface area contributed by atoms with Crippen LogP contribution in [0.25, 0.3) is 4.96 Å². The summed E-state index contributed by atoms with van der Waals surface area (Å²) in [5, 5.41) is -0.305. The van der Waals surface area contributed by atoms with Gasteiger partial charge in [-0.2, -0.15) is 0 Å². The monoisotopic (exact) mass is 342 g/mol. The lowest BCUT2D eigenvalue weighted by Crippen LogP contribution is -2.36. The molecule has 2 aromatic rings. The van der Waals surface area contributed by atoms with E-state index in [0.29, 0.717) is 19.5 Å². The maximum absolute atomic E-state index is 12.1. The van der Waals surface area contributed by atoms with Gasteiger partial charge in [0.05, 0.1) is 16.6 Å². The van der Waals surface area contributed by atoms with Crippen molar-refractivity contribution < 1.29 is 8.42 Å². The van der Waals surface area contributed by atoms with Crippen LogP contribution in [0, 0.1) is 13.8 Å². The predicted molar refractivity (Wildman–Crippen MR) is 88.8 cm³/mol. The van der Waals surface area contributed by atoms with E-state index in [1.54, 1.807) is 11.3 Å². The highest BCUT2D eigenvalue weighted by molar-refractivity contribution is 7.90. The van der Waals surface area contributed by atoms with Crippen LogP contribution >= 0.6 is 11.3 Å². The van der Waals surface area contributed by atoms with Gasteiger partial charge in [0, 0.05) is 30.7 Å². The summed E-state index contributed by atoms with van der Waals surface area (Å²) >= 11 is 1.68. The van der Waals surface area contributed by atoms with Crippen LogP contribution in [-0.4, -0.2) is 47.6 Å². The van der Waals surface area contributed by atoms with Gasteiger partial charge < -0.3 is 0 Å². The molecule has 122 valence electrons. The van der Waals surface area contributed by atoms with E-state index in [1.165, 1.54) is 10.6 Å². The number of aryl methyl sites for hydroxylation is 2. The molecular formula is C14H22N4O2S2. The van der Waals surface area contributed by atoms with Crippen LogP contribution in [-0.2, 0) is 16.6 Å². The summed E-state index contributed by atoms with van der Waals surface area (Å²) < 4.78 is 29.0. The number of nitrogens with zero attached hydrogens (tertiary/aromatic N) is 3. The van der Waals surface area contributed by atoms with Crippen molar-refractivity contribution in [3.63, 3.8) is 0 Å². The van der Waals surface area contributed by atoms with Crippen molar-refractivity contribution in [2.24, 2.45) is 0 Å². The average molecular weight is 342 g/mol. The molecule has 0 aliphatic carbocycles. The molecule has 1 atom stereocenters. The molecule has 8 heteroatoms. The molecule has 22 heavy (non-hydrogen) atoms. The first-order valence-corrected chi connectivity index (χ1v) is 9.91. The number of nitrogens with one attached hydrogen (secondary N) is 1. The first-order chi connectivity index (χ1) is 10.4. The summed E-state index contributed by atoms with van der Waals surface area (Å²) in [5.74, 6) is 0. The lowest BCUT2D eigenvalue weighted by Gasteiger charge is -2.16. The topological polar surface area (TPSA) is 66.7 Å². The minimum Gasteiger partial charge on any atom is -0.296 e. The standard InChI is InChI=1S/C14H22N4O2S2/c1-4-15-22(19,20)12-5-6-17(8-12)9-13-11(3)16-14-18(13)7-10(2)21-14/h7,12,15H,4-6,8-9H2,1-3H3/t12-/m0/s1. The molecule has 1 fully saturated rings. The number of likely N-dealkylation sites (tertiary alicyclic amines) is 1. The van der Waals surface area contributed by atoms with Crippen molar-refractivity contribution >= 4 is 26.3 Å². The summed E-state index contributed by atoms with van der Waals surface area (Å²) in [4.78, 5) is 9.06. The Hall–Kier alpha value is -0.960. The number of sulfonamides is 1. The summed E-state index contributed by atoms with van der Waals surface area (Å²) in [6.07, 6.45) is 2.80. The van der Waals surface area contributed by atoms with Gasteiger partial charge in [-0.1, -0.05) is 6.92 Å². The van der Waals surface area contributed by atoms with E-state index >= 15 is 0 Å². The number of aromatic nitrogens is 2. The highest BCUT2D eigenvalue weighted by atomic mass is 32.2. The zero-order valence-corrected chi connectivity index (χ0v) is 14.8. The van der Waals surface area contributed by atoms with Crippen LogP contribution in [0.5, 0.6) is 0 Å². The van der Waals surface area contributed by atoms with Gasteiger partial charge in [0.2, 0.25) is 10.0 Å². The van der Waals surface area contributed by atoms with E-state index in [1.807, 2.05) is 13.8 Å². The molecule has 0 bridgehead atoms. The smallest absolute Gasteiger partial charge is 0.215 e. The number of rotatable bonds is 5. The first kappa shape index (κ1) is 15.9. The predicted octanol–water partition coefficient (Wildman–Crippen LogP) is 1.53. The third kappa shape index (κ3) is 2.92. The SMILES string of the molecule is CCNS(=O)(=O)[C@H]1CCN(Cc2c(C)nc3sc(C)cn23)C1. The van der Waals surface area contributed by atoms with Gasteiger partial charge in [0.25, 0.3) is 0 Å². The molecule has 0 spiro atoms. The van der Waals surface area contributed by atoms with Crippen molar-refractivity contribution in [3.05, 3.63) is 22.5 Å². The molecule has 2 aromatic heterocycles. The molecule has 1 aliphatic heterocycles. The fourth-order valence-electron chi connectivity index (χ4n) is 3.02. The van der Waals surface area contributed by atoms with E-state index in [-0.39, 0.29) is 5.25 Å². The number of fused-ring (bicyclic) bond motifs is 1. The van der Waals surface area contributed by atoms with E-state index in [9.17, 15) is 8.42 Å². The highest BCUT2D eigenvalue weighted by Crippen LogP contribution is 2.24. The van der Waals surface area contributed by atoms with Crippen molar-refractivity contribution in [3.8, 4) is 0 Å². The molecule has 0 radical (unpaired) electrons. The van der Waals surface area contributed by atoms with Crippen molar-refractivity contribution in [2.75, 3.05) is 19.6 Å². The van der Waals surface area contributed by atoms with Crippen molar-refractivity contribution in [1.82, 2.24) is 19.0 Å². The Balaban J connectivity index is 1.75. The minimum atomic E-state index is -3.18. The van der Waals surface area contributed by atoms with Crippen LogP contribution < -0.4 is 4.72 Å². The fourth-order valence-corrected chi connectivity index (χ4v) is 5.38. The second-order valence-electron chi connectivity index (χ2n) is 5.83. The maximum atomic E-state index is 12.1. The first-order valence-electron chi connectivity index (χ1n) is 7.55. The summed E-state index contributed by atoms with van der Waals surface area (Å²) in [7, 11) is -3.18. The second kappa shape index (κ2) is 5.92. The zero-order chi connectivity index (χ0) is 15.9. The molecule has 3 rings (SSSR count). The third-order valence-electron chi connectivity index (χ3n) is 4.13. The highest BCUT2D eigenvalue weighted by Gasteiger charge is 2.33. The van der Waals surface area contributed by atoms with E-state index in [4.69, 9.17) is 0 Å². The minimum absolute atomic E-state index is 0.305. The Morgan fingerprint density at radius 1 is 1.45 bits per heavy atom. The van der Waals surface area contributed by atoms with Crippen LogP contribution in [0.4, 0.5) is 0 Å². The van der Waals surface area contributed by atoms with E-state index in [2.05, 4.69) is 32.1 Å². The second-order valence-corrected chi connectivity index (χ2v) is 9.09. The van der Waals surface area contributed by atoms with Gasteiger partial charge in [0.15, 0.2) is 4.96 Å². The molecular weight excluding hydrogens is 320 g/mol. The van der Waals surface area contributed by atoms with Gasteiger partial charge in [0.1, 0.15) is 0 Å². The summed E-state index contributed by atoms with van der Waals surface area (Å²) in [6.45, 7) is 8.52. The van der Waals surface area contributed by atoms with Gasteiger partial charge in [-0.05, 0) is 26.8 Å². The quantitative estimate of drug-likeness (QED) is 0.895. The summed E-state index contributed by atoms with van der Waals surface area (Å²) in [5.41, 5.74) is 2.20. The molecule has 1 saturated heterocycles. The Labute approximate surface area is 135 Å². The molecule has 0 saturated carbocycles. The Morgan fingerprint density at radius 2 is 2.23 bits per heavy atom. The fraction of sp³-hybridized carbons (Fsp3) is 0.643. The number of imidazole rings is 1. The maximum Gasteiger partial charge on any atom is 0.215 e. The van der Waals surface area contributed by atoms with Gasteiger partial charge >= 0.3 is 0 Å². The zero-order valence-electron chi connectivity index (χ0n) is 13.2.